The summed E-state index contributed by atoms with van der Waals surface area (Å²) in [6.45, 7) is 1.83. The lowest BCUT2D eigenvalue weighted by Gasteiger charge is -2.08. The van der Waals surface area contributed by atoms with E-state index in [2.05, 4.69) is 15.0 Å². The van der Waals surface area contributed by atoms with Crippen LogP contribution in [0.4, 0.5) is 19.0 Å². The van der Waals surface area contributed by atoms with E-state index in [0.717, 1.165) is 18.3 Å². The second-order valence-corrected chi connectivity index (χ2v) is 3.78. The molecule has 0 fully saturated rings. The van der Waals surface area contributed by atoms with Crippen molar-refractivity contribution in [1.29, 1.82) is 0 Å². The van der Waals surface area contributed by atoms with E-state index in [0.29, 0.717) is 0 Å². The SMILES string of the molecule is CCOC(=O)CCC(=O)Nc1cc(C(F)(F)F)ccn1. The van der Waals surface area contributed by atoms with Crippen molar-refractivity contribution in [2.24, 2.45) is 0 Å². The number of hydrogen-bond acceptors (Lipinski definition) is 4. The lowest BCUT2D eigenvalue weighted by atomic mass is 10.2. The van der Waals surface area contributed by atoms with Gasteiger partial charge in [0.05, 0.1) is 18.6 Å². The fourth-order valence-electron chi connectivity index (χ4n) is 1.33. The van der Waals surface area contributed by atoms with Crippen LogP contribution in [0.5, 0.6) is 0 Å². The van der Waals surface area contributed by atoms with E-state index >= 15 is 0 Å². The van der Waals surface area contributed by atoms with Crippen molar-refractivity contribution in [2.75, 3.05) is 11.9 Å². The van der Waals surface area contributed by atoms with Crippen molar-refractivity contribution in [3.05, 3.63) is 23.9 Å². The third-order valence-corrected chi connectivity index (χ3v) is 2.22. The molecule has 1 aromatic rings. The number of pyridine rings is 1. The fraction of sp³-hybridized carbons (Fsp3) is 0.417. The number of nitrogens with one attached hydrogen (secondary N) is 1. The Morgan fingerprint density at radius 3 is 2.65 bits per heavy atom. The monoisotopic (exact) mass is 290 g/mol. The second kappa shape index (κ2) is 6.88. The van der Waals surface area contributed by atoms with E-state index in [-0.39, 0.29) is 25.3 Å². The first-order valence-electron chi connectivity index (χ1n) is 5.81. The average Bonchev–Trinajstić information content (AvgIpc) is 2.36. The Labute approximate surface area is 113 Å². The molecule has 1 amide bonds. The molecule has 110 valence electrons. The van der Waals surface area contributed by atoms with Crippen molar-refractivity contribution < 1.29 is 27.5 Å². The summed E-state index contributed by atoms with van der Waals surface area (Å²) in [5.41, 5.74) is -0.909. The van der Waals surface area contributed by atoms with Crippen LogP contribution < -0.4 is 5.32 Å². The molecule has 20 heavy (non-hydrogen) atoms. The molecule has 0 saturated carbocycles. The topological polar surface area (TPSA) is 68.3 Å². The maximum atomic E-state index is 12.4. The number of carbonyl (C=O) groups excluding carboxylic acids is 2. The van der Waals surface area contributed by atoms with Crippen LogP contribution in [0.2, 0.25) is 0 Å². The summed E-state index contributed by atoms with van der Waals surface area (Å²) < 4.78 is 41.9. The predicted octanol–water partition coefficient (Wildman–Crippen LogP) is 2.38. The molecule has 8 heteroatoms. The van der Waals surface area contributed by atoms with E-state index in [1.807, 2.05) is 0 Å². The van der Waals surface area contributed by atoms with E-state index in [1.54, 1.807) is 6.92 Å². The minimum atomic E-state index is -4.51. The number of carbonyl (C=O) groups is 2. The molecule has 1 rings (SSSR count). The summed E-state index contributed by atoms with van der Waals surface area (Å²) in [7, 11) is 0. The van der Waals surface area contributed by atoms with Gasteiger partial charge in [-0.05, 0) is 19.1 Å². The first kappa shape index (κ1) is 15.9. The standard InChI is InChI=1S/C12H13F3N2O3/c1-2-20-11(19)4-3-10(18)17-9-7-8(5-6-16-9)12(13,14)15/h5-7H,2-4H2,1H3,(H,16,17,18). The summed E-state index contributed by atoms with van der Waals surface area (Å²) in [6, 6.07) is 1.52. The van der Waals surface area contributed by atoms with Crippen molar-refractivity contribution in [3.8, 4) is 0 Å². The third-order valence-electron chi connectivity index (χ3n) is 2.22. The molecule has 0 aromatic carbocycles. The van der Waals surface area contributed by atoms with Gasteiger partial charge in [0.25, 0.3) is 0 Å². The Bertz CT molecular complexity index is 489. The number of aromatic nitrogens is 1. The minimum Gasteiger partial charge on any atom is -0.466 e. The molecule has 5 nitrogen and oxygen atoms in total. The number of esters is 1. The molecule has 1 aromatic heterocycles. The minimum absolute atomic E-state index is 0.140. The molecule has 1 N–H and O–H groups in total. The number of anilines is 1. The van der Waals surface area contributed by atoms with Gasteiger partial charge < -0.3 is 10.1 Å². The van der Waals surface area contributed by atoms with Gasteiger partial charge in [-0.3, -0.25) is 9.59 Å². The van der Waals surface area contributed by atoms with Crippen LogP contribution in [-0.4, -0.2) is 23.5 Å². The molecule has 0 aliphatic carbocycles. The molecule has 0 bridgehead atoms. The van der Waals surface area contributed by atoms with Gasteiger partial charge in [-0.1, -0.05) is 0 Å². The third kappa shape index (κ3) is 5.25. The van der Waals surface area contributed by atoms with Gasteiger partial charge in [0.15, 0.2) is 0 Å². The largest absolute Gasteiger partial charge is 0.466 e. The van der Waals surface area contributed by atoms with Crippen LogP contribution in [0.3, 0.4) is 0 Å². The smallest absolute Gasteiger partial charge is 0.416 e. The maximum Gasteiger partial charge on any atom is 0.416 e. The van der Waals surface area contributed by atoms with Crippen molar-refractivity contribution in [1.82, 2.24) is 4.98 Å². The number of hydrogen-bond donors (Lipinski definition) is 1. The molecule has 0 radical (unpaired) electrons. The van der Waals surface area contributed by atoms with Crippen LogP contribution in [0.25, 0.3) is 0 Å². The summed E-state index contributed by atoms with van der Waals surface area (Å²) in [6.07, 6.45) is -3.88. The van der Waals surface area contributed by atoms with Gasteiger partial charge in [-0.2, -0.15) is 13.2 Å². The Morgan fingerprint density at radius 2 is 2.05 bits per heavy atom. The van der Waals surface area contributed by atoms with E-state index < -0.39 is 23.6 Å². The summed E-state index contributed by atoms with van der Waals surface area (Å²) in [4.78, 5) is 26.1. The molecule has 1 heterocycles. The van der Waals surface area contributed by atoms with Gasteiger partial charge in [-0.15, -0.1) is 0 Å². The number of nitrogens with zero attached hydrogens (tertiary/aromatic N) is 1. The van der Waals surface area contributed by atoms with E-state index in [4.69, 9.17) is 0 Å². The number of alkyl halides is 3. The summed E-state index contributed by atoms with van der Waals surface area (Å²) in [5.74, 6) is -1.36. The highest BCUT2D eigenvalue weighted by Gasteiger charge is 2.30. The van der Waals surface area contributed by atoms with Crippen LogP contribution in [-0.2, 0) is 20.5 Å². The zero-order valence-corrected chi connectivity index (χ0v) is 10.7. The van der Waals surface area contributed by atoms with Crippen LogP contribution in [0, 0.1) is 0 Å². The molecular formula is C12H13F3N2O3. The maximum absolute atomic E-state index is 12.4. The first-order valence-corrected chi connectivity index (χ1v) is 5.81. The summed E-state index contributed by atoms with van der Waals surface area (Å²) >= 11 is 0. The molecule has 0 spiro atoms. The Morgan fingerprint density at radius 1 is 1.35 bits per heavy atom. The fourth-order valence-corrected chi connectivity index (χ4v) is 1.33. The van der Waals surface area contributed by atoms with Gasteiger partial charge >= 0.3 is 12.1 Å². The lowest BCUT2D eigenvalue weighted by molar-refractivity contribution is -0.144. The number of rotatable bonds is 5. The Balaban J connectivity index is 2.56. The van der Waals surface area contributed by atoms with E-state index in [1.165, 1.54) is 0 Å². The molecule has 0 aliphatic rings. The van der Waals surface area contributed by atoms with Crippen molar-refractivity contribution >= 4 is 17.7 Å². The molecule has 0 saturated heterocycles. The molecular weight excluding hydrogens is 277 g/mol. The highest BCUT2D eigenvalue weighted by molar-refractivity contribution is 5.91. The second-order valence-electron chi connectivity index (χ2n) is 3.78. The van der Waals surface area contributed by atoms with Gasteiger partial charge in [0.2, 0.25) is 5.91 Å². The zero-order valence-electron chi connectivity index (χ0n) is 10.7. The van der Waals surface area contributed by atoms with Gasteiger partial charge in [0, 0.05) is 12.6 Å². The lowest BCUT2D eigenvalue weighted by Crippen LogP contribution is -2.16. The molecule has 0 atom stereocenters. The van der Waals surface area contributed by atoms with Crippen LogP contribution >= 0.6 is 0 Å². The van der Waals surface area contributed by atoms with E-state index in [9.17, 15) is 22.8 Å². The highest BCUT2D eigenvalue weighted by Crippen LogP contribution is 2.29. The normalized spacial score (nSPS) is 11.0. The van der Waals surface area contributed by atoms with Crippen molar-refractivity contribution in [3.63, 3.8) is 0 Å². The highest BCUT2D eigenvalue weighted by atomic mass is 19.4. The summed E-state index contributed by atoms with van der Waals surface area (Å²) in [5, 5.41) is 2.19. The van der Waals surface area contributed by atoms with Gasteiger partial charge in [0.1, 0.15) is 5.82 Å². The molecule has 0 unspecified atom stereocenters. The Hall–Kier alpha value is -2.12. The Kier molecular flexibility index (Phi) is 5.48. The van der Waals surface area contributed by atoms with Crippen LogP contribution in [0.15, 0.2) is 18.3 Å². The first-order chi connectivity index (χ1) is 9.32. The molecule has 0 aliphatic heterocycles. The average molecular weight is 290 g/mol. The van der Waals surface area contributed by atoms with Crippen LogP contribution in [0.1, 0.15) is 25.3 Å². The zero-order chi connectivity index (χ0) is 15.2. The number of halogens is 3. The quantitative estimate of drug-likeness (QED) is 0.845. The predicted molar refractivity (Wildman–Crippen MR) is 63.7 cm³/mol. The van der Waals surface area contributed by atoms with Crippen molar-refractivity contribution in [2.45, 2.75) is 25.9 Å². The number of ether oxygens (including phenoxy) is 1. The number of amides is 1. The van der Waals surface area contributed by atoms with Gasteiger partial charge in [-0.25, -0.2) is 4.98 Å².